The Labute approximate surface area is 152 Å². The SMILES string of the molecule is CC1(c2ccc(Cl)cc2F)Oc2cccc(CN3CCCCC3)c2O1. The van der Waals surface area contributed by atoms with E-state index in [1.807, 2.05) is 12.1 Å². The Hall–Kier alpha value is -1.78. The second kappa shape index (κ2) is 6.50. The fourth-order valence-corrected chi connectivity index (χ4v) is 3.79. The molecule has 1 fully saturated rings. The predicted octanol–water partition coefficient (Wildman–Crippen LogP) is 5.11. The molecule has 0 amide bonds. The number of para-hydroxylation sites is 1. The molecule has 5 heteroatoms. The summed E-state index contributed by atoms with van der Waals surface area (Å²) in [4.78, 5) is 2.43. The minimum Gasteiger partial charge on any atom is -0.444 e. The van der Waals surface area contributed by atoms with Crippen LogP contribution in [0, 0.1) is 5.82 Å². The molecule has 0 aliphatic carbocycles. The smallest absolute Gasteiger partial charge is 0.278 e. The number of nitrogens with zero attached hydrogens (tertiary/aromatic N) is 1. The first-order chi connectivity index (χ1) is 12.0. The van der Waals surface area contributed by atoms with E-state index < -0.39 is 11.6 Å². The number of halogens is 2. The van der Waals surface area contributed by atoms with Gasteiger partial charge in [-0.2, -0.15) is 0 Å². The number of ether oxygens (including phenoxy) is 2. The molecule has 0 aromatic heterocycles. The van der Waals surface area contributed by atoms with E-state index in [1.54, 1.807) is 19.1 Å². The van der Waals surface area contributed by atoms with Gasteiger partial charge in [-0.15, -0.1) is 0 Å². The maximum Gasteiger partial charge on any atom is 0.278 e. The number of piperidine rings is 1. The van der Waals surface area contributed by atoms with Gasteiger partial charge in [0, 0.05) is 24.1 Å². The van der Waals surface area contributed by atoms with Gasteiger partial charge in [0.1, 0.15) is 5.82 Å². The average Bonchev–Trinajstić information content (AvgIpc) is 2.94. The summed E-state index contributed by atoms with van der Waals surface area (Å²) in [7, 11) is 0. The lowest BCUT2D eigenvalue weighted by atomic mass is 10.1. The molecule has 3 nitrogen and oxygen atoms in total. The zero-order valence-corrected chi connectivity index (χ0v) is 15.0. The third kappa shape index (κ3) is 3.21. The van der Waals surface area contributed by atoms with E-state index in [1.165, 1.54) is 25.3 Å². The van der Waals surface area contributed by atoms with Crippen molar-refractivity contribution in [3.05, 3.63) is 58.4 Å². The number of benzene rings is 2. The number of fused-ring (bicyclic) bond motifs is 1. The van der Waals surface area contributed by atoms with Crippen LogP contribution in [0.2, 0.25) is 5.02 Å². The molecular weight excluding hydrogens is 341 g/mol. The molecule has 25 heavy (non-hydrogen) atoms. The lowest BCUT2D eigenvalue weighted by Gasteiger charge is -2.27. The van der Waals surface area contributed by atoms with E-state index in [2.05, 4.69) is 11.0 Å². The van der Waals surface area contributed by atoms with Crippen LogP contribution in [0.5, 0.6) is 11.5 Å². The van der Waals surface area contributed by atoms with Gasteiger partial charge in [0.15, 0.2) is 11.5 Å². The first kappa shape index (κ1) is 16.7. The Balaban J connectivity index is 1.62. The van der Waals surface area contributed by atoms with E-state index in [9.17, 15) is 4.39 Å². The monoisotopic (exact) mass is 361 g/mol. The maximum atomic E-state index is 14.4. The first-order valence-corrected chi connectivity index (χ1v) is 9.11. The van der Waals surface area contributed by atoms with Crippen molar-refractivity contribution < 1.29 is 13.9 Å². The molecule has 4 rings (SSSR count). The molecular formula is C20H21ClFNO2. The summed E-state index contributed by atoms with van der Waals surface area (Å²) in [5.41, 5.74) is 1.43. The number of hydrogen-bond donors (Lipinski definition) is 0. The number of likely N-dealkylation sites (tertiary alicyclic amines) is 1. The molecule has 1 unspecified atom stereocenters. The first-order valence-electron chi connectivity index (χ1n) is 8.73. The van der Waals surface area contributed by atoms with Gasteiger partial charge >= 0.3 is 0 Å². The highest BCUT2D eigenvalue weighted by molar-refractivity contribution is 6.30. The van der Waals surface area contributed by atoms with Crippen molar-refractivity contribution in [1.82, 2.24) is 4.90 Å². The minimum atomic E-state index is -1.19. The van der Waals surface area contributed by atoms with Crippen molar-refractivity contribution in [3.63, 3.8) is 0 Å². The van der Waals surface area contributed by atoms with Crippen LogP contribution in [0.15, 0.2) is 36.4 Å². The molecule has 1 saturated heterocycles. The summed E-state index contributed by atoms with van der Waals surface area (Å²) in [6, 6.07) is 10.4. The van der Waals surface area contributed by atoms with E-state index in [0.717, 1.165) is 25.2 Å². The number of hydrogen-bond acceptors (Lipinski definition) is 3. The fourth-order valence-electron chi connectivity index (χ4n) is 3.63. The summed E-state index contributed by atoms with van der Waals surface area (Å²) in [6.07, 6.45) is 3.77. The van der Waals surface area contributed by atoms with Crippen molar-refractivity contribution >= 4 is 11.6 Å². The maximum absolute atomic E-state index is 14.4. The van der Waals surface area contributed by atoms with Crippen LogP contribution in [0.25, 0.3) is 0 Å². The highest BCUT2D eigenvalue weighted by Crippen LogP contribution is 2.47. The van der Waals surface area contributed by atoms with E-state index in [0.29, 0.717) is 22.1 Å². The zero-order valence-electron chi connectivity index (χ0n) is 14.2. The largest absolute Gasteiger partial charge is 0.444 e. The molecule has 0 N–H and O–H groups in total. The zero-order chi connectivity index (χ0) is 17.4. The number of rotatable bonds is 3. The highest BCUT2D eigenvalue weighted by Gasteiger charge is 2.42. The molecule has 0 saturated carbocycles. The van der Waals surface area contributed by atoms with Gasteiger partial charge in [-0.1, -0.05) is 30.2 Å². The van der Waals surface area contributed by atoms with Gasteiger partial charge in [-0.3, -0.25) is 4.90 Å². The van der Waals surface area contributed by atoms with Gasteiger partial charge in [0.25, 0.3) is 5.79 Å². The average molecular weight is 362 g/mol. The molecule has 2 aliphatic rings. The Kier molecular flexibility index (Phi) is 4.34. The van der Waals surface area contributed by atoms with Crippen molar-refractivity contribution in [3.8, 4) is 11.5 Å². The predicted molar refractivity (Wildman–Crippen MR) is 95.6 cm³/mol. The summed E-state index contributed by atoms with van der Waals surface area (Å²) in [5.74, 6) is -0.244. The summed E-state index contributed by atoms with van der Waals surface area (Å²) >= 11 is 5.86. The van der Waals surface area contributed by atoms with Gasteiger partial charge in [-0.25, -0.2) is 4.39 Å². The standard InChI is InChI=1S/C20H21ClFNO2/c1-20(16-9-8-15(21)12-17(16)22)24-18-7-5-6-14(19(18)25-20)13-23-10-3-2-4-11-23/h5-9,12H,2-4,10-11,13H2,1H3. The van der Waals surface area contributed by atoms with Gasteiger partial charge < -0.3 is 9.47 Å². The van der Waals surface area contributed by atoms with Crippen LogP contribution >= 0.6 is 11.6 Å². The Bertz CT molecular complexity index is 791. The summed E-state index contributed by atoms with van der Waals surface area (Å²) in [5, 5.41) is 0.353. The fraction of sp³-hybridized carbons (Fsp3) is 0.400. The molecule has 2 aliphatic heterocycles. The second-order valence-electron chi connectivity index (χ2n) is 6.86. The topological polar surface area (TPSA) is 21.7 Å². The van der Waals surface area contributed by atoms with Crippen molar-refractivity contribution in [2.75, 3.05) is 13.1 Å². The Morgan fingerprint density at radius 3 is 2.68 bits per heavy atom. The van der Waals surface area contributed by atoms with Crippen LogP contribution in [0.4, 0.5) is 4.39 Å². The van der Waals surface area contributed by atoms with Crippen molar-refractivity contribution in [1.29, 1.82) is 0 Å². The van der Waals surface area contributed by atoms with Crippen LogP contribution < -0.4 is 9.47 Å². The molecule has 0 bridgehead atoms. The van der Waals surface area contributed by atoms with Gasteiger partial charge in [-0.05, 0) is 50.2 Å². The van der Waals surface area contributed by atoms with Crippen molar-refractivity contribution in [2.45, 2.75) is 38.5 Å². The molecule has 0 radical (unpaired) electrons. The van der Waals surface area contributed by atoms with Crippen LogP contribution in [-0.4, -0.2) is 18.0 Å². The highest BCUT2D eigenvalue weighted by atomic mass is 35.5. The van der Waals surface area contributed by atoms with Gasteiger partial charge in [0.05, 0.1) is 5.56 Å². The van der Waals surface area contributed by atoms with E-state index in [-0.39, 0.29) is 0 Å². The van der Waals surface area contributed by atoms with Gasteiger partial charge in [0.2, 0.25) is 0 Å². The molecule has 132 valence electrons. The quantitative estimate of drug-likeness (QED) is 0.758. The molecule has 2 aromatic carbocycles. The second-order valence-corrected chi connectivity index (χ2v) is 7.29. The normalized spacial score (nSPS) is 23.0. The van der Waals surface area contributed by atoms with E-state index in [4.69, 9.17) is 21.1 Å². The van der Waals surface area contributed by atoms with Crippen LogP contribution in [0.1, 0.15) is 37.3 Å². The summed E-state index contributed by atoms with van der Waals surface area (Å²) < 4.78 is 26.5. The van der Waals surface area contributed by atoms with Crippen LogP contribution in [-0.2, 0) is 12.3 Å². The Morgan fingerprint density at radius 1 is 1.12 bits per heavy atom. The molecule has 2 heterocycles. The van der Waals surface area contributed by atoms with Crippen LogP contribution in [0.3, 0.4) is 0 Å². The Morgan fingerprint density at radius 2 is 1.92 bits per heavy atom. The van der Waals surface area contributed by atoms with E-state index >= 15 is 0 Å². The molecule has 1 atom stereocenters. The lowest BCUT2D eigenvalue weighted by Crippen LogP contribution is -2.33. The summed E-state index contributed by atoms with van der Waals surface area (Å²) in [6.45, 7) is 4.77. The molecule has 0 spiro atoms. The molecule has 2 aromatic rings. The third-order valence-corrected chi connectivity index (χ3v) is 5.16. The third-order valence-electron chi connectivity index (χ3n) is 4.93. The lowest BCUT2D eigenvalue weighted by molar-refractivity contribution is -0.0712. The minimum absolute atomic E-state index is 0.344. The van der Waals surface area contributed by atoms with Crippen molar-refractivity contribution in [2.24, 2.45) is 0 Å².